The predicted octanol–water partition coefficient (Wildman–Crippen LogP) is 4.17. The number of carbonyl (C=O) groups is 1. The summed E-state index contributed by atoms with van der Waals surface area (Å²) in [6, 6.07) is 16.7. The summed E-state index contributed by atoms with van der Waals surface area (Å²) in [7, 11) is 1.68. The second kappa shape index (κ2) is 9.06. The van der Waals surface area contributed by atoms with Gasteiger partial charge in [0.1, 0.15) is 5.75 Å². The number of benzene rings is 2. The summed E-state index contributed by atoms with van der Waals surface area (Å²) < 4.78 is 5.46. The average Bonchev–Trinajstić information content (AvgIpc) is 2.75. The number of rotatable bonds is 7. The minimum Gasteiger partial charge on any atom is -0.496 e. The van der Waals surface area contributed by atoms with Crippen molar-refractivity contribution >= 4 is 12.6 Å². The second-order valence-electron chi connectivity index (χ2n) is 6.78. The molecule has 0 aromatic heterocycles. The number of hydrogen-bond acceptors (Lipinski definition) is 4. The molecule has 148 valence electrons. The minimum atomic E-state index is -0.272. The van der Waals surface area contributed by atoms with Crippen molar-refractivity contribution in [2.75, 3.05) is 7.11 Å². The zero-order chi connectivity index (χ0) is 20.8. The molecule has 2 atom stereocenters. The zero-order valence-electron chi connectivity index (χ0n) is 16.7. The molecule has 29 heavy (non-hydrogen) atoms. The first-order valence-corrected chi connectivity index (χ1v) is 9.38. The lowest BCUT2D eigenvalue weighted by Gasteiger charge is -2.40. The van der Waals surface area contributed by atoms with E-state index >= 15 is 0 Å². The van der Waals surface area contributed by atoms with Gasteiger partial charge in [0.15, 0.2) is 0 Å². The van der Waals surface area contributed by atoms with Gasteiger partial charge in [-0.3, -0.25) is 9.79 Å². The molecule has 2 aromatic rings. The zero-order valence-corrected chi connectivity index (χ0v) is 16.7. The summed E-state index contributed by atoms with van der Waals surface area (Å²) in [6.45, 7) is 9.10. The summed E-state index contributed by atoms with van der Waals surface area (Å²) in [5, 5.41) is 6.13. The topological polar surface area (TPSA) is 62.7 Å². The molecule has 5 nitrogen and oxygen atoms in total. The van der Waals surface area contributed by atoms with E-state index in [9.17, 15) is 4.79 Å². The Morgan fingerprint density at radius 2 is 1.93 bits per heavy atom. The van der Waals surface area contributed by atoms with Crippen LogP contribution >= 0.6 is 0 Å². The van der Waals surface area contributed by atoms with Crippen LogP contribution < -0.4 is 15.4 Å². The van der Waals surface area contributed by atoms with E-state index in [-0.39, 0.29) is 17.9 Å². The van der Waals surface area contributed by atoms with E-state index < -0.39 is 0 Å². The molecule has 2 N–H and O–H groups in total. The van der Waals surface area contributed by atoms with Gasteiger partial charge >= 0.3 is 0 Å². The van der Waals surface area contributed by atoms with Crippen LogP contribution in [-0.4, -0.2) is 25.8 Å². The van der Waals surface area contributed by atoms with Crippen molar-refractivity contribution in [2.24, 2.45) is 4.99 Å². The van der Waals surface area contributed by atoms with Crippen molar-refractivity contribution in [1.29, 1.82) is 0 Å². The Hall–Kier alpha value is -3.60. The smallest absolute Gasteiger partial charge is 0.256 e. The normalized spacial score (nSPS) is 19.7. The van der Waals surface area contributed by atoms with E-state index in [1.165, 1.54) is 17.8 Å². The van der Waals surface area contributed by atoms with Gasteiger partial charge in [0.2, 0.25) is 0 Å². The number of nitrogens with one attached hydrogen (secondary N) is 2. The summed E-state index contributed by atoms with van der Waals surface area (Å²) in [5.74, 6) is 0.768. The fraction of sp³-hybridized carbons (Fsp3) is 0.167. The molecule has 1 amide bonds. The Balaban J connectivity index is 1.77. The molecular formula is C24H25N3O2. The number of amides is 1. The molecule has 0 radical (unpaired) electrons. The maximum absolute atomic E-state index is 12.2. The van der Waals surface area contributed by atoms with Gasteiger partial charge in [-0.2, -0.15) is 0 Å². The SMILES string of the molecule is C=C/C(=C\N=C)C(=O)N/C=C1\NC(C)C1c1ccc(-c2ccccc2OC)cc1. The maximum atomic E-state index is 12.2. The van der Waals surface area contributed by atoms with Gasteiger partial charge in [0.05, 0.1) is 12.7 Å². The quantitative estimate of drug-likeness (QED) is 0.426. The molecule has 1 fully saturated rings. The van der Waals surface area contributed by atoms with Crippen molar-refractivity contribution in [3.8, 4) is 16.9 Å². The number of para-hydroxylation sites is 1. The molecule has 0 aliphatic carbocycles. The predicted molar refractivity (Wildman–Crippen MR) is 118 cm³/mol. The molecule has 0 spiro atoms. The van der Waals surface area contributed by atoms with Crippen LogP contribution in [0.5, 0.6) is 5.75 Å². The standard InChI is InChI=1S/C24H25N3O2/c1-5-17(14-25-3)24(28)26-15-21-23(16(2)27-21)19-12-10-18(11-13-19)20-8-6-7-9-22(20)29-4/h5-16,23,27H,1,3H2,2,4H3,(H,26,28)/b17-14+,21-15-. The van der Waals surface area contributed by atoms with Gasteiger partial charge in [-0.05, 0) is 30.8 Å². The first kappa shape index (κ1) is 20.1. The fourth-order valence-electron chi connectivity index (χ4n) is 3.49. The number of nitrogens with zero attached hydrogens (tertiary/aromatic N) is 1. The Morgan fingerprint density at radius 1 is 1.21 bits per heavy atom. The fourth-order valence-corrected chi connectivity index (χ4v) is 3.49. The number of aliphatic imine (C=N–C) groups is 1. The summed E-state index contributed by atoms with van der Waals surface area (Å²) >= 11 is 0. The highest BCUT2D eigenvalue weighted by molar-refractivity contribution is 5.96. The van der Waals surface area contributed by atoms with Crippen molar-refractivity contribution in [2.45, 2.75) is 18.9 Å². The van der Waals surface area contributed by atoms with Gasteiger partial charge in [0, 0.05) is 35.6 Å². The van der Waals surface area contributed by atoms with Crippen LogP contribution in [0.15, 0.2) is 89.8 Å². The molecule has 1 aliphatic rings. The molecule has 0 bridgehead atoms. The van der Waals surface area contributed by atoms with Crippen molar-refractivity contribution in [1.82, 2.24) is 10.6 Å². The molecule has 1 aliphatic heterocycles. The number of hydrogen-bond donors (Lipinski definition) is 2. The highest BCUT2D eigenvalue weighted by Gasteiger charge is 2.33. The van der Waals surface area contributed by atoms with Crippen LogP contribution in [0.2, 0.25) is 0 Å². The average molecular weight is 387 g/mol. The minimum absolute atomic E-state index is 0.190. The van der Waals surface area contributed by atoms with E-state index in [1.807, 2.05) is 24.3 Å². The number of ether oxygens (including phenoxy) is 1. The van der Waals surface area contributed by atoms with Gasteiger partial charge in [-0.25, -0.2) is 0 Å². The maximum Gasteiger partial charge on any atom is 0.256 e. The van der Waals surface area contributed by atoms with E-state index in [4.69, 9.17) is 4.74 Å². The van der Waals surface area contributed by atoms with Crippen LogP contribution in [0.25, 0.3) is 11.1 Å². The van der Waals surface area contributed by atoms with E-state index in [0.717, 1.165) is 22.6 Å². The molecule has 5 heteroatoms. The van der Waals surface area contributed by atoms with Crippen LogP contribution in [0.1, 0.15) is 18.4 Å². The van der Waals surface area contributed by atoms with Crippen molar-refractivity contribution in [3.63, 3.8) is 0 Å². The lowest BCUT2D eigenvalue weighted by molar-refractivity contribution is -0.116. The first-order valence-electron chi connectivity index (χ1n) is 9.38. The molecule has 1 saturated heterocycles. The summed E-state index contributed by atoms with van der Waals surface area (Å²) in [5.41, 5.74) is 4.67. The highest BCUT2D eigenvalue weighted by atomic mass is 16.5. The molecule has 3 rings (SSSR count). The second-order valence-corrected chi connectivity index (χ2v) is 6.78. The van der Waals surface area contributed by atoms with E-state index in [1.54, 1.807) is 13.3 Å². The van der Waals surface area contributed by atoms with Crippen LogP contribution in [0.3, 0.4) is 0 Å². The van der Waals surface area contributed by atoms with Gasteiger partial charge in [0.25, 0.3) is 5.91 Å². The lowest BCUT2D eigenvalue weighted by Crippen LogP contribution is -2.47. The molecular weight excluding hydrogens is 362 g/mol. The summed E-state index contributed by atoms with van der Waals surface area (Å²) in [4.78, 5) is 15.8. The van der Waals surface area contributed by atoms with E-state index in [0.29, 0.717) is 5.57 Å². The van der Waals surface area contributed by atoms with Crippen molar-refractivity contribution in [3.05, 3.63) is 90.4 Å². The highest BCUT2D eigenvalue weighted by Crippen LogP contribution is 2.36. The Kier molecular flexibility index (Phi) is 6.29. The Bertz CT molecular complexity index is 974. The summed E-state index contributed by atoms with van der Waals surface area (Å²) in [6.07, 6.45) is 4.54. The van der Waals surface area contributed by atoms with Crippen LogP contribution in [0, 0.1) is 0 Å². The van der Waals surface area contributed by atoms with Gasteiger partial charge in [-0.15, -0.1) is 0 Å². The number of carbonyl (C=O) groups excluding carboxylic acids is 1. The van der Waals surface area contributed by atoms with Crippen LogP contribution in [-0.2, 0) is 4.79 Å². The van der Waals surface area contributed by atoms with Gasteiger partial charge in [-0.1, -0.05) is 55.1 Å². The Morgan fingerprint density at radius 3 is 2.55 bits per heavy atom. The third-order valence-corrected chi connectivity index (χ3v) is 4.99. The monoisotopic (exact) mass is 387 g/mol. The molecule has 0 saturated carbocycles. The number of methoxy groups -OCH3 is 1. The lowest BCUT2D eigenvalue weighted by atomic mass is 9.82. The Labute approximate surface area is 171 Å². The third-order valence-electron chi connectivity index (χ3n) is 4.99. The molecule has 2 aromatic carbocycles. The van der Waals surface area contributed by atoms with Crippen LogP contribution in [0.4, 0.5) is 0 Å². The van der Waals surface area contributed by atoms with E-state index in [2.05, 4.69) is 60.1 Å². The van der Waals surface area contributed by atoms with Gasteiger partial charge < -0.3 is 15.4 Å². The molecule has 2 unspecified atom stereocenters. The largest absolute Gasteiger partial charge is 0.496 e. The first-order chi connectivity index (χ1) is 14.1. The molecule has 1 heterocycles. The van der Waals surface area contributed by atoms with Crippen molar-refractivity contribution < 1.29 is 9.53 Å². The third kappa shape index (κ3) is 4.29.